The first-order valence-corrected chi connectivity index (χ1v) is 4.44. The molecule has 0 saturated carbocycles. The van der Waals surface area contributed by atoms with Gasteiger partial charge in [0.25, 0.3) is 0 Å². The standard InChI is InChI=1S/C10H16N2O/c1-3-9(12-11)8-6-7(2)4-5-10(8)13/h4-6,9,12-13H,3,11H2,1-2H3. The Morgan fingerprint density at radius 3 is 2.77 bits per heavy atom. The second-order valence-corrected chi connectivity index (χ2v) is 3.19. The number of aromatic hydroxyl groups is 1. The highest BCUT2D eigenvalue weighted by Gasteiger charge is 2.11. The minimum atomic E-state index is 0.0277. The van der Waals surface area contributed by atoms with Crippen molar-refractivity contribution in [2.75, 3.05) is 0 Å². The van der Waals surface area contributed by atoms with Gasteiger partial charge in [-0.2, -0.15) is 0 Å². The first-order chi connectivity index (χ1) is 6.19. The van der Waals surface area contributed by atoms with Crippen LogP contribution < -0.4 is 11.3 Å². The lowest BCUT2D eigenvalue weighted by Crippen LogP contribution is -2.27. The van der Waals surface area contributed by atoms with Crippen molar-refractivity contribution in [3.05, 3.63) is 29.3 Å². The maximum atomic E-state index is 9.57. The number of hydrazine groups is 1. The van der Waals surface area contributed by atoms with Crippen LogP contribution in [0.4, 0.5) is 0 Å². The number of hydrogen-bond donors (Lipinski definition) is 3. The van der Waals surface area contributed by atoms with E-state index in [0.717, 1.165) is 17.5 Å². The van der Waals surface area contributed by atoms with Gasteiger partial charge < -0.3 is 5.11 Å². The second-order valence-electron chi connectivity index (χ2n) is 3.19. The number of phenols is 1. The quantitative estimate of drug-likeness (QED) is 0.489. The normalized spacial score (nSPS) is 12.8. The zero-order chi connectivity index (χ0) is 9.84. The van der Waals surface area contributed by atoms with Gasteiger partial charge in [0, 0.05) is 11.6 Å². The fourth-order valence-electron chi connectivity index (χ4n) is 1.38. The Hall–Kier alpha value is -1.06. The maximum absolute atomic E-state index is 9.57. The van der Waals surface area contributed by atoms with E-state index in [4.69, 9.17) is 5.84 Å². The summed E-state index contributed by atoms with van der Waals surface area (Å²) in [4.78, 5) is 0. The van der Waals surface area contributed by atoms with E-state index >= 15 is 0 Å². The van der Waals surface area contributed by atoms with Crippen LogP contribution in [0, 0.1) is 6.92 Å². The van der Waals surface area contributed by atoms with Crippen LogP contribution in [-0.2, 0) is 0 Å². The molecule has 0 aliphatic rings. The summed E-state index contributed by atoms with van der Waals surface area (Å²) in [6.45, 7) is 4.01. The lowest BCUT2D eigenvalue weighted by molar-refractivity contribution is 0.444. The molecule has 1 atom stereocenters. The predicted molar refractivity (Wildman–Crippen MR) is 53.2 cm³/mol. The zero-order valence-electron chi connectivity index (χ0n) is 8.04. The molecule has 0 fully saturated rings. The van der Waals surface area contributed by atoms with Gasteiger partial charge in [0.15, 0.2) is 0 Å². The third-order valence-electron chi connectivity index (χ3n) is 2.17. The molecule has 0 aliphatic carbocycles. The first-order valence-electron chi connectivity index (χ1n) is 4.44. The molecule has 72 valence electrons. The number of phenolic OH excluding ortho intramolecular Hbond substituents is 1. The topological polar surface area (TPSA) is 58.3 Å². The van der Waals surface area contributed by atoms with Crippen molar-refractivity contribution in [2.24, 2.45) is 5.84 Å². The fraction of sp³-hybridized carbons (Fsp3) is 0.400. The molecule has 1 aromatic carbocycles. The number of aryl methyl sites for hydroxylation is 1. The van der Waals surface area contributed by atoms with Crippen LogP contribution in [0.15, 0.2) is 18.2 Å². The van der Waals surface area contributed by atoms with Crippen molar-refractivity contribution in [3.63, 3.8) is 0 Å². The number of hydrogen-bond acceptors (Lipinski definition) is 3. The van der Waals surface area contributed by atoms with Gasteiger partial charge in [-0.3, -0.25) is 11.3 Å². The van der Waals surface area contributed by atoms with Crippen LogP contribution in [0.5, 0.6) is 5.75 Å². The largest absolute Gasteiger partial charge is 0.508 e. The van der Waals surface area contributed by atoms with Crippen LogP contribution >= 0.6 is 0 Å². The van der Waals surface area contributed by atoms with Crippen molar-refractivity contribution < 1.29 is 5.11 Å². The molecule has 0 bridgehead atoms. The molecule has 1 aromatic rings. The highest BCUT2D eigenvalue weighted by molar-refractivity contribution is 5.37. The molecule has 0 spiro atoms. The third kappa shape index (κ3) is 2.20. The SMILES string of the molecule is CCC(NN)c1cc(C)ccc1O. The van der Waals surface area contributed by atoms with E-state index in [-0.39, 0.29) is 6.04 Å². The van der Waals surface area contributed by atoms with Gasteiger partial charge in [0.2, 0.25) is 0 Å². The molecule has 0 saturated heterocycles. The van der Waals surface area contributed by atoms with Crippen LogP contribution in [0.2, 0.25) is 0 Å². The van der Waals surface area contributed by atoms with Gasteiger partial charge in [-0.25, -0.2) is 0 Å². The average molecular weight is 180 g/mol. The van der Waals surface area contributed by atoms with Crippen LogP contribution in [-0.4, -0.2) is 5.11 Å². The summed E-state index contributed by atoms with van der Waals surface area (Å²) >= 11 is 0. The Morgan fingerprint density at radius 1 is 1.54 bits per heavy atom. The minimum Gasteiger partial charge on any atom is -0.508 e. The molecule has 0 amide bonds. The molecule has 1 unspecified atom stereocenters. The summed E-state index contributed by atoms with van der Waals surface area (Å²) in [6.07, 6.45) is 0.855. The van der Waals surface area contributed by atoms with Gasteiger partial charge in [-0.1, -0.05) is 24.6 Å². The van der Waals surface area contributed by atoms with Gasteiger partial charge in [0.1, 0.15) is 5.75 Å². The van der Waals surface area contributed by atoms with E-state index in [1.54, 1.807) is 6.07 Å². The van der Waals surface area contributed by atoms with Gasteiger partial charge in [-0.05, 0) is 19.4 Å². The number of nitrogens with one attached hydrogen (secondary N) is 1. The Labute approximate surface area is 78.5 Å². The second kappa shape index (κ2) is 4.25. The van der Waals surface area contributed by atoms with Crippen molar-refractivity contribution in [1.29, 1.82) is 0 Å². The van der Waals surface area contributed by atoms with Gasteiger partial charge in [-0.15, -0.1) is 0 Å². The molecule has 0 aromatic heterocycles. The summed E-state index contributed by atoms with van der Waals surface area (Å²) < 4.78 is 0. The summed E-state index contributed by atoms with van der Waals surface area (Å²) in [5, 5.41) is 9.57. The van der Waals surface area contributed by atoms with Gasteiger partial charge >= 0.3 is 0 Å². The molecule has 1 rings (SSSR count). The molecule has 0 aliphatic heterocycles. The Morgan fingerprint density at radius 2 is 2.23 bits per heavy atom. The van der Waals surface area contributed by atoms with Crippen molar-refractivity contribution >= 4 is 0 Å². The fourth-order valence-corrected chi connectivity index (χ4v) is 1.38. The predicted octanol–water partition coefficient (Wildman–Crippen LogP) is 1.62. The molecular weight excluding hydrogens is 164 g/mol. The van der Waals surface area contributed by atoms with Crippen molar-refractivity contribution in [3.8, 4) is 5.75 Å². The third-order valence-corrected chi connectivity index (χ3v) is 2.17. The Balaban J connectivity index is 3.03. The maximum Gasteiger partial charge on any atom is 0.120 e. The zero-order valence-corrected chi connectivity index (χ0v) is 8.04. The van der Waals surface area contributed by atoms with Crippen LogP contribution in [0.1, 0.15) is 30.5 Å². The molecular formula is C10H16N2O. The number of nitrogens with two attached hydrogens (primary N) is 1. The summed E-state index contributed by atoms with van der Waals surface area (Å²) in [5.74, 6) is 5.67. The molecule has 13 heavy (non-hydrogen) atoms. The summed E-state index contributed by atoms with van der Waals surface area (Å²) in [6, 6.07) is 5.55. The van der Waals surface area contributed by atoms with E-state index in [9.17, 15) is 5.11 Å². The molecule has 3 nitrogen and oxygen atoms in total. The lowest BCUT2D eigenvalue weighted by Gasteiger charge is -2.15. The van der Waals surface area contributed by atoms with E-state index in [1.165, 1.54) is 0 Å². The molecule has 0 heterocycles. The highest BCUT2D eigenvalue weighted by atomic mass is 16.3. The number of benzene rings is 1. The molecule has 4 N–H and O–H groups in total. The van der Waals surface area contributed by atoms with E-state index < -0.39 is 0 Å². The number of rotatable bonds is 3. The smallest absolute Gasteiger partial charge is 0.120 e. The van der Waals surface area contributed by atoms with Crippen LogP contribution in [0.25, 0.3) is 0 Å². The van der Waals surface area contributed by atoms with Crippen molar-refractivity contribution in [1.82, 2.24) is 5.43 Å². The van der Waals surface area contributed by atoms with Gasteiger partial charge in [0.05, 0.1) is 0 Å². The Kier molecular flexibility index (Phi) is 3.28. The first kappa shape index (κ1) is 10.0. The highest BCUT2D eigenvalue weighted by Crippen LogP contribution is 2.26. The minimum absolute atomic E-state index is 0.0277. The van der Waals surface area contributed by atoms with Crippen LogP contribution in [0.3, 0.4) is 0 Å². The molecule has 0 radical (unpaired) electrons. The van der Waals surface area contributed by atoms with E-state index in [2.05, 4.69) is 5.43 Å². The van der Waals surface area contributed by atoms with E-state index in [1.807, 2.05) is 26.0 Å². The summed E-state index contributed by atoms with van der Waals surface area (Å²) in [7, 11) is 0. The van der Waals surface area contributed by atoms with E-state index in [0.29, 0.717) is 5.75 Å². The Bertz CT molecular complexity index is 282. The summed E-state index contributed by atoms with van der Waals surface area (Å²) in [5.41, 5.74) is 4.67. The van der Waals surface area contributed by atoms with Crippen molar-refractivity contribution in [2.45, 2.75) is 26.3 Å². The lowest BCUT2D eigenvalue weighted by atomic mass is 10.0. The monoisotopic (exact) mass is 180 g/mol. The average Bonchev–Trinajstić information content (AvgIpc) is 2.13. The molecule has 3 heteroatoms.